The molecule has 0 aliphatic heterocycles. The van der Waals surface area contributed by atoms with Crippen molar-refractivity contribution in [2.75, 3.05) is 5.73 Å². The molecule has 0 atom stereocenters. The van der Waals surface area contributed by atoms with Crippen LogP contribution in [0.2, 0.25) is 5.02 Å². The standard InChI is InChI=1S/C15H13ClN6O2/c1-8-11(15-19-4-5-24-15)22-13(17)12(21-8)14(23)20-7-10-6-9(16)2-3-18-10/h2-6H,7H2,1H3,(H2,17,22)(H,20,23). The number of nitrogens with one attached hydrogen (secondary N) is 1. The van der Waals surface area contributed by atoms with Gasteiger partial charge in [-0.3, -0.25) is 9.78 Å². The molecule has 3 aromatic heterocycles. The summed E-state index contributed by atoms with van der Waals surface area (Å²) in [6, 6.07) is 3.31. The van der Waals surface area contributed by atoms with Crippen molar-refractivity contribution in [2.24, 2.45) is 0 Å². The van der Waals surface area contributed by atoms with Gasteiger partial charge in [-0.2, -0.15) is 0 Å². The van der Waals surface area contributed by atoms with E-state index in [1.54, 1.807) is 25.3 Å². The van der Waals surface area contributed by atoms with Gasteiger partial charge in [-0.25, -0.2) is 15.0 Å². The molecule has 122 valence electrons. The molecule has 0 saturated carbocycles. The molecule has 0 radical (unpaired) electrons. The summed E-state index contributed by atoms with van der Waals surface area (Å²) in [5.41, 5.74) is 7.38. The average molecular weight is 345 g/mol. The largest absolute Gasteiger partial charge is 0.443 e. The predicted octanol–water partition coefficient (Wildman–Crippen LogP) is 2.00. The van der Waals surface area contributed by atoms with Gasteiger partial charge in [0.15, 0.2) is 11.5 Å². The average Bonchev–Trinajstić information content (AvgIpc) is 3.08. The highest BCUT2D eigenvalue weighted by atomic mass is 35.5. The quantitative estimate of drug-likeness (QED) is 0.742. The number of nitrogen functional groups attached to an aromatic ring is 1. The smallest absolute Gasteiger partial charge is 0.274 e. The maximum atomic E-state index is 12.3. The van der Waals surface area contributed by atoms with Crippen LogP contribution in [0.4, 0.5) is 5.82 Å². The van der Waals surface area contributed by atoms with Crippen LogP contribution < -0.4 is 11.1 Å². The lowest BCUT2D eigenvalue weighted by Gasteiger charge is -2.09. The third-order valence-electron chi connectivity index (χ3n) is 3.16. The van der Waals surface area contributed by atoms with Crippen LogP contribution in [0.25, 0.3) is 11.6 Å². The highest BCUT2D eigenvalue weighted by molar-refractivity contribution is 6.30. The summed E-state index contributed by atoms with van der Waals surface area (Å²) in [4.78, 5) is 28.8. The molecule has 9 heteroatoms. The summed E-state index contributed by atoms with van der Waals surface area (Å²) in [7, 11) is 0. The number of amides is 1. The molecule has 0 fully saturated rings. The minimum atomic E-state index is -0.455. The Morgan fingerprint density at radius 2 is 2.17 bits per heavy atom. The first-order chi connectivity index (χ1) is 11.5. The Bertz CT molecular complexity index is 882. The molecule has 24 heavy (non-hydrogen) atoms. The molecule has 0 bridgehead atoms. The number of anilines is 1. The second-order valence-corrected chi connectivity index (χ2v) is 5.31. The number of carbonyl (C=O) groups is 1. The van der Waals surface area contributed by atoms with Crippen LogP contribution >= 0.6 is 11.6 Å². The summed E-state index contributed by atoms with van der Waals surface area (Å²) in [6.07, 6.45) is 4.48. The van der Waals surface area contributed by atoms with E-state index in [4.69, 9.17) is 21.8 Å². The number of carbonyl (C=O) groups excluding carboxylic acids is 1. The van der Waals surface area contributed by atoms with Gasteiger partial charge in [0.1, 0.15) is 12.0 Å². The molecule has 8 nitrogen and oxygen atoms in total. The first kappa shape index (κ1) is 15.9. The number of oxazole rings is 1. The zero-order valence-corrected chi connectivity index (χ0v) is 13.4. The van der Waals surface area contributed by atoms with Crippen LogP contribution in [0.15, 0.2) is 35.2 Å². The molecular formula is C15H13ClN6O2. The minimum Gasteiger partial charge on any atom is -0.443 e. The second kappa shape index (κ2) is 6.63. The van der Waals surface area contributed by atoms with Crippen molar-refractivity contribution in [3.05, 3.63) is 52.9 Å². The van der Waals surface area contributed by atoms with E-state index in [9.17, 15) is 4.79 Å². The molecule has 1 amide bonds. The molecule has 0 spiro atoms. The number of hydrogen-bond acceptors (Lipinski definition) is 7. The van der Waals surface area contributed by atoms with Gasteiger partial charge in [-0.15, -0.1) is 0 Å². The lowest BCUT2D eigenvalue weighted by Crippen LogP contribution is -2.26. The summed E-state index contributed by atoms with van der Waals surface area (Å²) in [5, 5.41) is 3.22. The van der Waals surface area contributed by atoms with Crippen LogP contribution in [-0.4, -0.2) is 25.8 Å². The molecule has 3 aromatic rings. The molecule has 3 N–H and O–H groups in total. The maximum Gasteiger partial charge on any atom is 0.274 e. The van der Waals surface area contributed by atoms with Crippen molar-refractivity contribution < 1.29 is 9.21 Å². The van der Waals surface area contributed by atoms with Crippen molar-refractivity contribution in [2.45, 2.75) is 13.5 Å². The van der Waals surface area contributed by atoms with E-state index in [0.717, 1.165) is 0 Å². The summed E-state index contributed by atoms with van der Waals surface area (Å²) < 4.78 is 5.18. The van der Waals surface area contributed by atoms with E-state index < -0.39 is 5.91 Å². The number of aryl methyl sites for hydroxylation is 1. The van der Waals surface area contributed by atoms with Gasteiger partial charge in [0.25, 0.3) is 5.91 Å². The van der Waals surface area contributed by atoms with Crippen LogP contribution in [0.5, 0.6) is 0 Å². The van der Waals surface area contributed by atoms with Gasteiger partial charge in [0.2, 0.25) is 5.89 Å². The lowest BCUT2D eigenvalue weighted by atomic mass is 10.2. The first-order valence-electron chi connectivity index (χ1n) is 6.97. The number of pyridine rings is 1. The fraction of sp³-hybridized carbons (Fsp3) is 0.133. The normalized spacial score (nSPS) is 10.6. The van der Waals surface area contributed by atoms with Gasteiger partial charge >= 0.3 is 0 Å². The van der Waals surface area contributed by atoms with E-state index in [-0.39, 0.29) is 18.1 Å². The van der Waals surface area contributed by atoms with Crippen molar-refractivity contribution in [1.82, 2.24) is 25.3 Å². The Kier molecular flexibility index (Phi) is 4.39. The van der Waals surface area contributed by atoms with E-state index in [2.05, 4.69) is 25.3 Å². The maximum absolute atomic E-state index is 12.3. The van der Waals surface area contributed by atoms with Gasteiger partial charge in [-0.1, -0.05) is 11.6 Å². The summed E-state index contributed by atoms with van der Waals surface area (Å²) in [5.74, 6) is -0.170. The highest BCUT2D eigenvalue weighted by Gasteiger charge is 2.18. The predicted molar refractivity (Wildman–Crippen MR) is 87.1 cm³/mol. The van der Waals surface area contributed by atoms with Crippen LogP contribution in [0, 0.1) is 6.92 Å². The molecule has 0 unspecified atom stereocenters. The molecule has 0 aliphatic rings. The lowest BCUT2D eigenvalue weighted by molar-refractivity contribution is 0.0946. The monoisotopic (exact) mass is 344 g/mol. The van der Waals surface area contributed by atoms with Crippen LogP contribution in [-0.2, 0) is 6.54 Å². The van der Waals surface area contributed by atoms with Crippen molar-refractivity contribution >= 4 is 23.3 Å². The SMILES string of the molecule is Cc1nc(C(=O)NCc2cc(Cl)ccn2)c(N)nc1-c1ncco1. The van der Waals surface area contributed by atoms with E-state index in [1.165, 1.54) is 12.5 Å². The van der Waals surface area contributed by atoms with Gasteiger partial charge < -0.3 is 15.5 Å². The second-order valence-electron chi connectivity index (χ2n) is 4.88. The van der Waals surface area contributed by atoms with Crippen LogP contribution in [0.3, 0.4) is 0 Å². The minimum absolute atomic E-state index is 0.00893. The Hall–Kier alpha value is -3.00. The van der Waals surface area contributed by atoms with Crippen molar-refractivity contribution in [3.8, 4) is 11.6 Å². The van der Waals surface area contributed by atoms with Crippen LogP contribution in [0.1, 0.15) is 21.9 Å². The number of nitrogens with zero attached hydrogens (tertiary/aromatic N) is 4. The molecule has 0 aliphatic carbocycles. The number of hydrogen-bond donors (Lipinski definition) is 2. The van der Waals surface area contributed by atoms with E-state index in [1.807, 2.05) is 0 Å². The van der Waals surface area contributed by atoms with Crippen molar-refractivity contribution in [1.29, 1.82) is 0 Å². The number of halogens is 1. The fourth-order valence-electron chi connectivity index (χ4n) is 2.04. The van der Waals surface area contributed by atoms with E-state index in [0.29, 0.717) is 28.0 Å². The van der Waals surface area contributed by atoms with Gasteiger partial charge in [0.05, 0.1) is 24.1 Å². The zero-order valence-electron chi connectivity index (χ0n) is 12.7. The third-order valence-corrected chi connectivity index (χ3v) is 3.39. The number of nitrogens with two attached hydrogens (primary N) is 1. The first-order valence-corrected chi connectivity index (χ1v) is 7.35. The molecule has 0 saturated heterocycles. The number of aromatic nitrogens is 4. The molecule has 3 rings (SSSR count). The Balaban J connectivity index is 1.79. The molecular weight excluding hydrogens is 332 g/mol. The summed E-state index contributed by atoms with van der Waals surface area (Å²) in [6.45, 7) is 1.89. The summed E-state index contributed by atoms with van der Waals surface area (Å²) >= 11 is 5.88. The topological polar surface area (TPSA) is 120 Å². The third kappa shape index (κ3) is 3.33. The highest BCUT2D eigenvalue weighted by Crippen LogP contribution is 2.20. The Morgan fingerprint density at radius 1 is 1.33 bits per heavy atom. The van der Waals surface area contributed by atoms with Gasteiger partial charge in [0, 0.05) is 11.2 Å². The fourth-order valence-corrected chi connectivity index (χ4v) is 2.22. The molecule has 3 heterocycles. The molecule has 0 aromatic carbocycles. The number of rotatable bonds is 4. The van der Waals surface area contributed by atoms with Crippen molar-refractivity contribution in [3.63, 3.8) is 0 Å². The zero-order chi connectivity index (χ0) is 17.1. The Morgan fingerprint density at radius 3 is 2.88 bits per heavy atom. The van der Waals surface area contributed by atoms with E-state index >= 15 is 0 Å². The van der Waals surface area contributed by atoms with Gasteiger partial charge in [-0.05, 0) is 19.1 Å². The Labute approximate surface area is 142 Å².